The summed E-state index contributed by atoms with van der Waals surface area (Å²) in [6, 6.07) is 19.6. The van der Waals surface area contributed by atoms with Gasteiger partial charge in [0.25, 0.3) is 0 Å². The summed E-state index contributed by atoms with van der Waals surface area (Å²) in [6.45, 7) is 0.870. The van der Waals surface area contributed by atoms with Gasteiger partial charge < -0.3 is 10.1 Å². The highest BCUT2D eigenvalue weighted by molar-refractivity contribution is 5.57. The molecule has 0 aromatic heterocycles. The van der Waals surface area contributed by atoms with Gasteiger partial charge in [0.1, 0.15) is 0 Å². The Morgan fingerprint density at radius 2 is 1.74 bits per heavy atom. The van der Waals surface area contributed by atoms with E-state index < -0.39 is 0 Å². The second-order valence-corrected chi connectivity index (χ2v) is 5.36. The molecule has 2 heterocycles. The third-order valence-electron chi connectivity index (χ3n) is 4.30. The molecule has 2 nitrogen and oxygen atoms in total. The van der Waals surface area contributed by atoms with Crippen LogP contribution in [0.1, 0.15) is 29.7 Å². The van der Waals surface area contributed by atoms with E-state index in [1.807, 2.05) is 0 Å². The number of anilines is 1. The molecule has 4 rings (SSSR count). The number of rotatable bonds is 1. The van der Waals surface area contributed by atoms with Crippen molar-refractivity contribution in [3.05, 3.63) is 65.7 Å². The number of fused-ring (bicyclic) bond motifs is 3. The van der Waals surface area contributed by atoms with Crippen LogP contribution < -0.4 is 5.32 Å². The maximum atomic E-state index is 6.00. The molecule has 2 aromatic carbocycles. The lowest BCUT2D eigenvalue weighted by Gasteiger charge is -2.36. The molecule has 2 heteroatoms. The van der Waals surface area contributed by atoms with Gasteiger partial charge >= 0.3 is 0 Å². The standard InChI is InChI=1S/C17H17NO/c1-2-6-12(7-3-1)16-14-10-11-19-17(14)13-8-4-5-9-15(13)18-16/h1-9,14,16-18H,10-11H2/t14-,16-,17-/m1/s1. The van der Waals surface area contributed by atoms with E-state index in [2.05, 4.69) is 59.9 Å². The zero-order valence-electron chi connectivity index (χ0n) is 10.8. The van der Waals surface area contributed by atoms with Crippen LogP contribution in [0.4, 0.5) is 5.69 Å². The topological polar surface area (TPSA) is 21.3 Å². The fourth-order valence-electron chi connectivity index (χ4n) is 3.41. The van der Waals surface area contributed by atoms with Crippen molar-refractivity contribution in [2.24, 2.45) is 5.92 Å². The van der Waals surface area contributed by atoms with Crippen LogP contribution in [0.25, 0.3) is 0 Å². The number of para-hydroxylation sites is 1. The molecule has 1 N–H and O–H groups in total. The number of hydrogen-bond acceptors (Lipinski definition) is 2. The van der Waals surface area contributed by atoms with E-state index in [0.717, 1.165) is 13.0 Å². The second-order valence-electron chi connectivity index (χ2n) is 5.36. The van der Waals surface area contributed by atoms with E-state index in [4.69, 9.17) is 4.74 Å². The number of nitrogens with one attached hydrogen (secondary N) is 1. The molecule has 2 aliphatic heterocycles. The number of ether oxygens (including phenoxy) is 1. The molecule has 0 spiro atoms. The number of hydrogen-bond donors (Lipinski definition) is 1. The smallest absolute Gasteiger partial charge is 0.0896 e. The lowest BCUT2D eigenvalue weighted by Crippen LogP contribution is -2.29. The van der Waals surface area contributed by atoms with Crippen LogP contribution in [0.5, 0.6) is 0 Å². The minimum Gasteiger partial charge on any atom is -0.378 e. The van der Waals surface area contributed by atoms with Gasteiger partial charge in [-0.25, -0.2) is 0 Å². The van der Waals surface area contributed by atoms with Crippen molar-refractivity contribution in [3.8, 4) is 0 Å². The molecule has 2 aliphatic rings. The van der Waals surface area contributed by atoms with E-state index in [0.29, 0.717) is 12.0 Å². The molecule has 0 radical (unpaired) electrons. The monoisotopic (exact) mass is 251 g/mol. The molecule has 0 amide bonds. The normalized spacial score (nSPS) is 28.3. The third kappa shape index (κ3) is 1.75. The van der Waals surface area contributed by atoms with Gasteiger partial charge in [-0.1, -0.05) is 48.5 Å². The molecular formula is C17H17NO. The van der Waals surface area contributed by atoms with E-state index in [1.54, 1.807) is 0 Å². The van der Waals surface area contributed by atoms with Crippen molar-refractivity contribution in [2.45, 2.75) is 18.6 Å². The lowest BCUT2D eigenvalue weighted by molar-refractivity contribution is 0.0829. The van der Waals surface area contributed by atoms with Gasteiger partial charge in [0.15, 0.2) is 0 Å². The minimum absolute atomic E-state index is 0.252. The van der Waals surface area contributed by atoms with Gasteiger partial charge in [-0.2, -0.15) is 0 Å². The van der Waals surface area contributed by atoms with Gasteiger partial charge in [0.05, 0.1) is 12.1 Å². The van der Waals surface area contributed by atoms with E-state index >= 15 is 0 Å². The minimum atomic E-state index is 0.252. The van der Waals surface area contributed by atoms with Gasteiger partial charge in [-0.3, -0.25) is 0 Å². The van der Waals surface area contributed by atoms with Crippen molar-refractivity contribution < 1.29 is 4.74 Å². The van der Waals surface area contributed by atoms with E-state index in [-0.39, 0.29) is 6.10 Å². The third-order valence-corrected chi connectivity index (χ3v) is 4.30. The summed E-state index contributed by atoms with van der Waals surface area (Å²) in [5.41, 5.74) is 3.90. The lowest BCUT2D eigenvalue weighted by atomic mass is 9.81. The van der Waals surface area contributed by atoms with Crippen LogP contribution in [0.15, 0.2) is 54.6 Å². The molecule has 19 heavy (non-hydrogen) atoms. The maximum Gasteiger partial charge on any atom is 0.0896 e. The summed E-state index contributed by atoms with van der Waals surface area (Å²) in [5, 5.41) is 3.70. The van der Waals surface area contributed by atoms with Gasteiger partial charge in [0, 0.05) is 23.8 Å². The van der Waals surface area contributed by atoms with Crippen LogP contribution in [0.2, 0.25) is 0 Å². The molecule has 1 fully saturated rings. The van der Waals surface area contributed by atoms with Crippen molar-refractivity contribution in [1.82, 2.24) is 0 Å². The Bertz CT molecular complexity index is 581. The summed E-state index contributed by atoms with van der Waals surface area (Å²) in [4.78, 5) is 0. The Morgan fingerprint density at radius 3 is 2.63 bits per heavy atom. The molecule has 0 unspecified atom stereocenters. The molecule has 0 aliphatic carbocycles. The summed E-state index contributed by atoms with van der Waals surface area (Å²) in [7, 11) is 0. The first-order chi connectivity index (χ1) is 9.43. The Balaban J connectivity index is 1.79. The zero-order chi connectivity index (χ0) is 12.7. The van der Waals surface area contributed by atoms with Gasteiger partial charge in [-0.05, 0) is 18.1 Å². The molecule has 2 aromatic rings. The maximum absolute atomic E-state index is 6.00. The highest BCUT2D eigenvalue weighted by atomic mass is 16.5. The predicted molar refractivity (Wildman–Crippen MR) is 76.0 cm³/mol. The first-order valence-electron chi connectivity index (χ1n) is 6.95. The van der Waals surface area contributed by atoms with Crippen LogP contribution in [-0.2, 0) is 4.74 Å². The molecule has 0 bridgehead atoms. The molecule has 3 atom stereocenters. The summed E-state index contributed by atoms with van der Waals surface area (Å²) in [5.74, 6) is 0.539. The van der Waals surface area contributed by atoms with Crippen molar-refractivity contribution in [2.75, 3.05) is 11.9 Å². The van der Waals surface area contributed by atoms with Crippen LogP contribution >= 0.6 is 0 Å². The zero-order valence-corrected chi connectivity index (χ0v) is 10.8. The highest BCUT2D eigenvalue weighted by Crippen LogP contribution is 2.49. The van der Waals surface area contributed by atoms with Crippen molar-refractivity contribution in [1.29, 1.82) is 0 Å². The van der Waals surface area contributed by atoms with Crippen LogP contribution in [0, 0.1) is 5.92 Å². The average Bonchev–Trinajstić information content (AvgIpc) is 2.97. The summed E-state index contributed by atoms with van der Waals surface area (Å²) in [6.07, 6.45) is 1.38. The number of benzene rings is 2. The molecule has 1 saturated heterocycles. The Kier molecular flexibility index (Phi) is 2.56. The Hall–Kier alpha value is -1.80. The summed E-state index contributed by atoms with van der Waals surface area (Å²) < 4.78 is 6.00. The first kappa shape index (κ1) is 11.1. The van der Waals surface area contributed by atoms with Crippen LogP contribution in [0.3, 0.4) is 0 Å². The van der Waals surface area contributed by atoms with Gasteiger partial charge in [-0.15, -0.1) is 0 Å². The van der Waals surface area contributed by atoms with E-state index in [1.165, 1.54) is 16.8 Å². The van der Waals surface area contributed by atoms with Crippen molar-refractivity contribution >= 4 is 5.69 Å². The van der Waals surface area contributed by atoms with E-state index in [9.17, 15) is 0 Å². The van der Waals surface area contributed by atoms with Crippen molar-refractivity contribution in [3.63, 3.8) is 0 Å². The molecular weight excluding hydrogens is 234 g/mol. The largest absolute Gasteiger partial charge is 0.378 e. The fourth-order valence-corrected chi connectivity index (χ4v) is 3.41. The van der Waals surface area contributed by atoms with Gasteiger partial charge in [0.2, 0.25) is 0 Å². The first-order valence-corrected chi connectivity index (χ1v) is 6.95. The average molecular weight is 251 g/mol. The second kappa shape index (κ2) is 4.39. The predicted octanol–water partition coefficient (Wildman–Crippen LogP) is 3.93. The SMILES string of the molecule is c1ccc([C@H]2Nc3ccccc3[C@H]3OCC[C@H]23)cc1. The Labute approximate surface area is 113 Å². The fraction of sp³-hybridized carbons (Fsp3) is 0.294. The molecule has 0 saturated carbocycles. The quantitative estimate of drug-likeness (QED) is 0.829. The Morgan fingerprint density at radius 1 is 0.947 bits per heavy atom. The van der Waals surface area contributed by atoms with Crippen LogP contribution in [-0.4, -0.2) is 6.61 Å². The summed E-state index contributed by atoms with van der Waals surface area (Å²) >= 11 is 0. The molecule has 96 valence electrons. The highest BCUT2D eigenvalue weighted by Gasteiger charge is 2.41.